The predicted molar refractivity (Wildman–Crippen MR) is 156 cm³/mol. The molecular weight excluding hydrogens is 458 g/mol. The summed E-state index contributed by atoms with van der Waals surface area (Å²) in [5.74, 6) is 3.65. The van der Waals surface area contributed by atoms with E-state index < -0.39 is 0 Å². The van der Waals surface area contributed by atoms with Gasteiger partial charge in [-0.1, -0.05) is 65.2 Å². The summed E-state index contributed by atoms with van der Waals surface area (Å²) in [4.78, 5) is 21.2. The molecule has 202 valence electrons. The van der Waals surface area contributed by atoms with Crippen molar-refractivity contribution >= 4 is 29.4 Å². The molecule has 6 heteroatoms. The number of nitrogens with zero attached hydrogens (tertiary/aromatic N) is 2. The smallest absolute Gasteiger partial charge is 0.229 e. The van der Waals surface area contributed by atoms with Crippen molar-refractivity contribution in [1.29, 1.82) is 0 Å². The fourth-order valence-corrected chi connectivity index (χ4v) is 4.25. The summed E-state index contributed by atoms with van der Waals surface area (Å²) in [7, 11) is 0. The highest BCUT2D eigenvalue weighted by molar-refractivity contribution is 5.79. The Bertz CT molecular complexity index is 1010. The van der Waals surface area contributed by atoms with Crippen molar-refractivity contribution < 1.29 is 4.79 Å². The Morgan fingerprint density at radius 2 is 1.86 bits per heavy atom. The van der Waals surface area contributed by atoms with Crippen molar-refractivity contribution in [2.45, 2.75) is 91.4 Å². The van der Waals surface area contributed by atoms with Gasteiger partial charge in [-0.05, 0) is 74.1 Å². The SMILES string of the molecule is C=Cc1ccc(Nc2ncc(C3CC3)c(NCCCNC(=O)C3CCC3)n2)cc1C.CC.CCC1CC1. The van der Waals surface area contributed by atoms with Crippen molar-refractivity contribution in [2.75, 3.05) is 23.7 Å². The van der Waals surface area contributed by atoms with Crippen LogP contribution < -0.4 is 16.0 Å². The summed E-state index contributed by atoms with van der Waals surface area (Å²) < 4.78 is 0. The van der Waals surface area contributed by atoms with E-state index in [9.17, 15) is 4.79 Å². The lowest BCUT2D eigenvalue weighted by molar-refractivity contribution is -0.127. The second-order valence-electron chi connectivity index (χ2n) is 10.2. The van der Waals surface area contributed by atoms with Gasteiger partial charge in [-0.3, -0.25) is 4.79 Å². The minimum absolute atomic E-state index is 0.214. The molecule has 3 saturated carbocycles. The van der Waals surface area contributed by atoms with Gasteiger partial charge in [0.2, 0.25) is 11.9 Å². The number of carbonyl (C=O) groups excluding carboxylic acids is 1. The fraction of sp³-hybridized carbons (Fsp3) is 0.581. The maximum absolute atomic E-state index is 11.9. The lowest BCUT2D eigenvalue weighted by atomic mass is 9.85. The van der Waals surface area contributed by atoms with E-state index >= 15 is 0 Å². The zero-order valence-electron chi connectivity index (χ0n) is 23.4. The fourth-order valence-electron chi connectivity index (χ4n) is 4.25. The van der Waals surface area contributed by atoms with E-state index in [4.69, 9.17) is 4.98 Å². The van der Waals surface area contributed by atoms with Crippen molar-refractivity contribution in [3.63, 3.8) is 0 Å². The van der Waals surface area contributed by atoms with Crippen LogP contribution in [0.1, 0.15) is 101 Å². The van der Waals surface area contributed by atoms with Crippen LogP contribution in [0.2, 0.25) is 0 Å². The van der Waals surface area contributed by atoms with Crippen LogP contribution in [0.15, 0.2) is 31.0 Å². The van der Waals surface area contributed by atoms with E-state index in [-0.39, 0.29) is 11.8 Å². The number of aryl methyl sites for hydroxylation is 1. The molecule has 3 fully saturated rings. The molecule has 0 unspecified atom stereocenters. The lowest BCUT2D eigenvalue weighted by Gasteiger charge is -2.24. The first-order valence-corrected chi connectivity index (χ1v) is 14.5. The van der Waals surface area contributed by atoms with E-state index in [0.29, 0.717) is 18.4 Å². The Labute approximate surface area is 224 Å². The first kappa shape index (κ1) is 28.7. The number of amides is 1. The van der Waals surface area contributed by atoms with Gasteiger partial charge >= 0.3 is 0 Å². The predicted octanol–water partition coefficient (Wildman–Crippen LogP) is 7.60. The molecule has 1 amide bonds. The molecule has 1 aromatic heterocycles. The molecule has 1 heterocycles. The van der Waals surface area contributed by atoms with Crippen LogP contribution in [0.4, 0.5) is 17.5 Å². The first-order chi connectivity index (χ1) is 18.1. The number of aromatic nitrogens is 2. The zero-order chi connectivity index (χ0) is 26.6. The largest absolute Gasteiger partial charge is 0.370 e. The number of anilines is 3. The van der Waals surface area contributed by atoms with Crippen LogP contribution in [-0.4, -0.2) is 29.0 Å². The van der Waals surface area contributed by atoms with Gasteiger partial charge in [0.25, 0.3) is 0 Å². The van der Waals surface area contributed by atoms with E-state index in [1.807, 2.05) is 38.3 Å². The summed E-state index contributed by atoms with van der Waals surface area (Å²) in [6, 6.07) is 6.13. The van der Waals surface area contributed by atoms with Gasteiger partial charge in [-0.15, -0.1) is 0 Å². The van der Waals surface area contributed by atoms with Gasteiger partial charge in [0, 0.05) is 36.5 Å². The lowest BCUT2D eigenvalue weighted by Crippen LogP contribution is -2.35. The molecule has 0 radical (unpaired) electrons. The molecule has 6 nitrogen and oxygen atoms in total. The second kappa shape index (κ2) is 14.7. The second-order valence-corrected chi connectivity index (χ2v) is 10.2. The highest BCUT2D eigenvalue weighted by atomic mass is 16.1. The Kier molecular flexibility index (Phi) is 11.4. The minimum Gasteiger partial charge on any atom is -0.370 e. The summed E-state index contributed by atoms with van der Waals surface area (Å²) >= 11 is 0. The Balaban J connectivity index is 0.000000478. The van der Waals surface area contributed by atoms with Gasteiger partial charge < -0.3 is 16.0 Å². The van der Waals surface area contributed by atoms with Gasteiger partial charge in [0.1, 0.15) is 5.82 Å². The molecule has 37 heavy (non-hydrogen) atoms. The average molecular weight is 506 g/mol. The van der Waals surface area contributed by atoms with Crippen molar-refractivity contribution in [3.05, 3.63) is 47.7 Å². The number of rotatable bonds is 11. The summed E-state index contributed by atoms with van der Waals surface area (Å²) in [6.07, 6.45) is 14.8. The van der Waals surface area contributed by atoms with Crippen LogP contribution in [0.5, 0.6) is 0 Å². The molecule has 3 aliphatic carbocycles. The monoisotopic (exact) mass is 505 g/mol. The van der Waals surface area contributed by atoms with E-state index in [1.165, 1.54) is 44.1 Å². The summed E-state index contributed by atoms with van der Waals surface area (Å²) in [5.41, 5.74) is 4.43. The number of hydrogen-bond acceptors (Lipinski definition) is 5. The Morgan fingerprint density at radius 1 is 1.11 bits per heavy atom. The highest BCUT2D eigenvalue weighted by Gasteiger charge is 2.28. The van der Waals surface area contributed by atoms with Crippen LogP contribution in [0, 0.1) is 18.8 Å². The van der Waals surface area contributed by atoms with Gasteiger partial charge in [-0.25, -0.2) is 4.98 Å². The summed E-state index contributed by atoms with van der Waals surface area (Å²) in [5, 5.41) is 9.83. The third-order valence-electron chi connectivity index (χ3n) is 7.28. The highest BCUT2D eigenvalue weighted by Crippen LogP contribution is 2.42. The third-order valence-corrected chi connectivity index (χ3v) is 7.28. The van der Waals surface area contributed by atoms with Gasteiger partial charge in [0.05, 0.1) is 0 Å². The molecule has 1 aromatic carbocycles. The van der Waals surface area contributed by atoms with E-state index in [0.717, 1.165) is 54.4 Å². The molecule has 0 atom stereocenters. The van der Waals surface area contributed by atoms with E-state index in [2.05, 4.69) is 47.4 Å². The minimum atomic E-state index is 0.214. The Hall–Kier alpha value is -2.89. The topological polar surface area (TPSA) is 78.9 Å². The van der Waals surface area contributed by atoms with Crippen LogP contribution in [-0.2, 0) is 4.79 Å². The molecule has 2 aromatic rings. The quantitative estimate of drug-likeness (QED) is 0.274. The summed E-state index contributed by atoms with van der Waals surface area (Å²) in [6.45, 7) is 13.6. The molecular formula is C31H47N5O. The maximum Gasteiger partial charge on any atom is 0.229 e. The molecule has 3 N–H and O–H groups in total. The molecule has 0 spiro atoms. The molecule has 5 rings (SSSR count). The number of carbonyl (C=O) groups is 1. The van der Waals surface area contributed by atoms with Crippen LogP contribution in [0.25, 0.3) is 6.08 Å². The zero-order valence-corrected chi connectivity index (χ0v) is 23.4. The average Bonchev–Trinajstić information content (AvgIpc) is 3.79. The standard InChI is InChI=1S/C24H31N5O.C5H10.C2H6/c1-3-17-10-11-20(14-16(17)2)28-24-27-15-21(18-8-9-18)22(29-24)25-12-5-13-26-23(30)19-6-4-7-19;1-2-5-3-4-5;1-2/h3,10-11,14-15,18-19H,1,4-9,12-13H2,2H3,(H,26,30)(H2,25,27,28,29);5H,2-4H2,1H3;1-2H3. The maximum atomic E-state index is 11.9. The molecule has 3 aliphatic rings. The van der Waals surface area contributed by atoms with Crippen molar-refractivity contribution in [3.8, 4) is 0 Å². The molecule has 0 aliphatic heterocycles. The van der Waals surface area contributed by atoms with Crippen molar-refractivity contribution in [1.82, 2.24) is 15.3 Å². The molecule has 0 saturated heterocycles. The Morgan fingerprint density at radius 3 is 2.41 bits per heavy atom. The number of benzene rings is 1. The molecule has 0 bridgehead atoms. The van der Waals surface area contributed by atoms with Crippen LogP contribution >= 0.6 is 0 Å². The van der Waals surface area contributed by atoms with Gasteiger partial charge in [0.15, 0.2) is 0 Å². The normalized spacial score (nSPS) is 16.2. The number of nitrogens with one attached hydrogen (secondary N) is 3. The first-order valence-electron chi connectivity index (χ1n) is 14.5. The number of hydrogen-bond donors (Lipinski definition) is 3. The van der Waals surface area contributed by atoms with E-state index in [1.54, 1.807) is 0 Å². The van der Waals surface area contributed by atoms with Crippen LogP contribution in [0.3, 0.4) is 0 Å². The third kappa shape index (κ3) is 9.17. The van der Waals surface area contributed by atoms with Gasteiger partial charge in [-0.2, -0.15) is 4.98 Å². The van der Waals surface area contributed by atoms with Crippen molar-refractivity contribution in [2.24, 2.45) is 11.8 Å².